The molecule has 2 bridgehead atoms. The topological polar surface area (TPSA) is 59.0 Å². The SMILES string of the molecule is O=C(c1ccc2cc(-c3cc(OC(F)(F)F)ccc3O)ccc2c1)N1C[C@@H]2C[C@H]1CO2. The Morgan fingerprint density at radius 1 is 1.06 bits per heavy atom. The fourth-order valence-corrected chi connectivity index (χ4v) is 4.30. The molecule has 0 saturated carbocycles. The number of nitrogens with zero attached hydrogens (tertiary/aromatic N) is 1. The lowest BCUT2D eigenvalue weighted by Crippen LogP contribution is -2.41. The molecule has 5 nitrogen and oxygen atoms in total. The molecular formula is C23H18F3NO4. The Morgan fingerprint density at radius 3 is 2.55 bits per heavy atom. The van der Waals surface area contributed by atoms with E-state index in [1.807, 2.05) is 4.90 Å². The summed E-state index contributed by atoms with van der Waals surface area (Å²) >= 11 is 0. The van der Waals surface area contributed by atoms with Crippen molar-refractivity contribution >= 4 is 16.7 Å². The molecule has 2 aliphatic rings. The van der Waals surface area contributed by atoms with E-state index in [1.54, 1.807) is 36.4 Å². The molecule has 0 spiro atoms. The highest BCUT2D eigenvalue weighted by Gasteiger charge is 2.41. The van der Waals surface area contributed by atoms with E-state index in [-0.39, 0.29) is 29.4 Å². The van der Waals surface area contributed by atoms with E-state index in [0.717, 1.165) is 35.4 Å². The van der Waals surface area contributed by atoms with E-state index in [4.69, 9.17) is 4.74 Å². The van der Waals surface area contributed by atoms with Crippen LogP contribution >= 0.6 is 0 Å². The van der Waals surface area contributed by atoms with Crippen molar-refractivity contribution in [1.29, 1.82) is 0 Å². The Hall–Kier alpha value is -3.26. The molecule has 3 aromatic carbocycles. The van der Waals surface area contributed by atoms with Crippen LogP contribution in [-0.2, 0) is 4.74 Å². The number of halogens is 3. The van der Waals surface area contributed by atoms with E-state index in [2.05, 4.69) is 4.74 Å². The smallest absolute Gasteiger partial charge is 0.507 e. The lowest BCUT2D eigenvalue weighted by atomic mass is 9.99. The first-order valence-corrected chi connectivity index (χ1v) is 9.82. The van der Waals surface area contributed by atoms with Crippen molar-refractivity contribution in [2.75, 3.05) is 13.2 Å². The van der Waals surface area contributed by atoms with Gasteiger partial charge in [-0.1, -0.05) is 18.2 Å². The third kappa shape index (κ3) is 3.79. The summed E-state index contributed by atoms with van der Waals surface area (Å²) in [5, 5.41) is 11.8. The van der Waals surface area contributed by atoms with Gasteiger partial charge in [0, 0.05) is 17.7 Å². The van der Waals surface area contributed by atoms with Crippen LogP contribution in [0.15, 0.2) is 54.6 Å². The standard InChI is InChI=1S/C23H18F3NO4/c24-23(25,26)31-18-5-6-21(28)20(10-18)15-3-1-14-8-16(4-2-13(14)7-15)22(29)27-11-19-9-17(27)12-30-19/h1-8,10,17,19,28H,9,11-12H2/t17-,19-/m0/s1. The number of phenolic OH excluding ortho intramolecular Hbond substituents is 1. The lowest BCUT2D eigenvalue weighted by molar-refractivity contribution is -0.274. The number of fused-ring (bicyclic) bond motifs is 3. The molecule has 1 amide bonds. The zero-order valence-electron chi connectivity index (χ0n) is 16.2. The zero-order valence-corrected chi connectivity index (χ0v) is 16.2. The number of morpholine rings is 1. The molecule has 1 N–H and O–H groups in total. The first-order valence-electron chi connectivity index (χ1n) is 9.82. The minimum absolute atomic E-state index is 0.0311. The molecule has 3 aromatic rings. The predicted molar refractivity (Wildman–Crippen MR) is 107 cm³/mol. The van der Waals surface area contributed by atoms with E-state index >= 15 is 0 Å². The zero-order chi connectivity index (χ0) is 21.8. The second-order valence-corrected chi connectivity index (χ2v) is 7.81. The number of phenols is 1. The van der Waals surface area contributed by atoms with Gasteiger partial charge in [0.1, 0.15) is 11.5 Å². The summed E-state index contributed by atoms with van der Waals surface area (Å²) in [5.41, 5.74) is 1.33. The molecular weight excluding hydrogens is 411 g/mol. The van der Waals surface area contributed by atoms with Crippen LogP contribution in [0.2, 0.25) is 0 Å². The molecule has 0 aliphatic carbocycles. The third-order valence-electron chi connectivity index (χ3n) is 5.76. The highest BCUT2D eigenvalue weighted by atomic mass is 19.4. The number of likely N-dealkylation sites (tertiary alicyclic amines) is 1. The van der Waals surface area contributed by atoms with Crippen molar-refractivity contribution < 1.29 is 32.5 Å². The monoisotopic (exact) mass is 429 g/mol. The molecule has 160 valence electrons. The Labute approximate surface area is 175 Å². The summed E-state index contributed by atoms with van der Waals surface area (Å²) in [5.74, 6) is -0.603. The Kier molecular flexibility index (Phi) is 4.55. The van der Waals surface area contributed by atoms with Crippen LogP contribution in [0.1, 0.15) is 16.8 Å². The molecule has 2 atom stereocenters. The Bertz CT molecular complexity index is 1180. The first-order chi connectivity index (χ1) is 14.8. The first kappa shape index (κ1) is 19.7. The molecule has 0 aromatic heterocycles. The molecule has 2 heterocycles. The molecule has 0 unspecified atom stereocenters. The number of benzene rings is 3. The summed E-state index contributed by atoms with van der Waals surface area (Å²) in [6.07, 6.45) is -3.81. The quantitative estimate of drug-likeness (QED) is 0.654. The van der Waals surface area contributed by atoms with Gasteiger partial charge in [0.25, 0.3) is 5.91 Å². The van der Waals surface area contributed by atoms with Gasteiger partial charge in [-0.2, -0.15) is 0 Å². The van der Waals surface area contributed by atoms with Crippen molar-refractivity contribution in [2.24, 2.45) is 0 Å². The van der Waals surface area contributed by atoms with Gasteiger partial charge in [-0.3, -0.25) is 4.79 Å². The van der Waals surface area contributed by atoms with Crippen LogP contribution in [-0.4, -0.2) is 47.6 Å². The van der Waals surface area contributed by atoms with Crippen molar-refractivity contribution in [1.82, 2.24) is 4.90 Å². The fraction of sp³-hybridized carbons (Fsp3) is 0.261. The minimum Gasteiger partial charge on any atom is -0.507 e. The van der Waals surface area contributed by atoms with Crippen LogP contribution in [0.3, 0.4) is 0 Å². The Morgan fingerprint density at radius 2 is 1.84 bits per heavy atom. The summed E-state index contributed by atoms with van der Waals surface area (Å²) < 4.78 is 47.1. The van der Waals surface area contributed by atoms with Crippen molar-refractivity contribution in [3.8, 4) is 22.6 Å². The lowest BCUT2D eigenvalue weighted by Gasteiger charge is -2.27. The highest BCUT2D eigenvalue weighted by molar-refractivity contribution is 5.99. The number of carbonyl (C=O) groups is 1. The fourth-order valence-electron chi connectivity index (χ4n) is 4.30. The van der Waals surface area contributed by atoms with Gasteiger partial charge in [0.2, 0.25) is 0 Å². The van der Waals surface area contributed by atoms with Crippen molar-refractivity contribution in [2.45, 2.75) is 24.9 Å². The van der Waals surface area contributed by atoms with Crippen LogP contribution in [0.25, 0.3) is 21.9 Å². The molecule has 5 rings (SSSR count). The maximum Gasteiger partial charge on any atom is 0.573 e. The highest BCUT2D eigenvalue weighted by Crippen LogP contribution is 2.36. The van der Waals surface area contributed by atoms with Crippen LogP contribution in [0.4, 0.5) is 13.2 Å². The third-order valence-corrected chi connectivity index (χ3v) is 5.76. The van der Waals surface area contributed by atoms with E-state index in [9.17, 15) is 23.1 Å². The van der Waals surface area contributed by atoms with E-state index < -0.39 is 12.1 Å². The number of rotatable bonds is 3. The number of hydrogen-bond donors (Lipinski definition) is 1. The van der Waals surface area contributed by atoms with Crippen molar-refractivity contribution in [3.63, 3.8) is 0 Å². The second kappa shape index (κ2) is 7.16. The molecule has 31 heavy (non-hydrogen) atoms. The summed E-state index contributed by atoms with van der Waals surface area (Å²) in [6, 6.07) is 14.0. The summed E-state index contributed by atoms with van der Waals surface area (Å²) in [4.78, 5) is 14.8. The average molecular weight is 429 g/mol. The molecule has 2 aliphatic heterocycles. The minimum atomic E-state index is -4.82. The summed E-state index contributed by atoms with van der Waals surface area (Å²) in [7, 11) is 0. The number of carbonyl (C=O) groups excluding carboxylic acids is 1. The number of amides is 1. The van der Waals surface area contributed by atoms with E-state index in [1.165, 1.54) is 0 Å². The van der Waals surface area contributed by atoms with Crippen LogP contribution in [0, 0.1) is 0 Å². The molecule has 0 radical (unpaired) electrons. The van der Waals surface area contributed by atoms with Crippen molar-refractivity contribution in [3.05, 3.63) is 60.2 Å². The van der Waals surface area contributed by atoms with E-state index in [0.29, 0.717) is 24.3 Å². The summed E-state index contributed by atoms with van der Waals surface area (Å²) in [6.45, 7) is 1.18. The maximum atomic E-state index is 12.9. The van der Waals surface area contributed by atoms with Gasteiger partial charge in [-0.05, 0) is 59.2 Å². The number of aromatic hydroxyl groups is 1. The molecule has 2 saturated heterocycles. The van der Waals surface area contributed by atoms with Gasteiger partial charge < -0.3 is 19.5 Å². The van der Waals surface area contributed by atoms with Crippen LogP contribution < -0.4 is 4.74 Å². The Balaban J connectivity index is 1.44. The van der Waals surface area contributed by atoms with Crippen LogP contribution in [0.5, 0.6) is 11.5 Å². The number of alkyl halides is 3. The van der Waals surface area contributed by atoms with Gasteiger partial charge in [0.15, 0.2) is 0 Å². The van der Waals surface area contributed by atoms with Gasteiger partial charge in [-0.15, -0.1) is 13.2 Å². The number of ether oxygens (including phenoxy) is 2. The molecule has 8 heteroatoms. The normalized spacial score (nSPS) is 20.4. The largest absolute Gasteiger partial charge is 0.573 e. The van der Waals surface area contributed by atoms with Gasteiger partial charge in [0.05, 0.1) is 18.8 Å². The number of hydrogen-bond acceptors (Lipinski definition) is 4. The second-order valence-electron chi connectivity index (χ2n) is 7.81. The predicted octanol–water partition coefficient (Wildman–Crippen LogP) is 4.72. The van der Waals surface area contributed by atoms with Gasteiger partial charge in [-0.25, -0.2) is 0 Å². The van der Waals surface area contributed by atoms with Gasteiger partial charge >= 0.3 is 6.36 Å². The maximum absolute atomic E-state index is 12.9. The average Bonchev–Trinajstić information content (AvgIpc) is 3.36. The molecule has 2 fully saturated rings.